The van der Waals surface area contributed by atoms with E-state index in [9.17, 15) is 14.4 Å². The van der Waals surface area contributed by atoms with Gasteiger partial charge in [-0.25, -0.2) is 0 Å². The predicted molar refractivity (Wildman–Crippen MR) is 83.9 cm³/mol. The number of thioether (sulfide) groups is 1. The minimum atomic E-state index is -0.308. The van der Waals surface area contributed by atoms with Crippen LogP contribution in [0.5, 0.6) is 0 Å². The Balaban J connectivity index is 1.93. The molecule has 0 radical (unpaired) electrons. The Morgan fingerprint density at radius 2 is 2.09 bits per heavy atom. The van der Waals surface area contributed by atoms with E-state index in [0.717, 1.165) is 22.4 Å². The highest BCUT2D eigenvalue weighted by molar-refractivity contribution is 8.14. The van der Waals surface area contributed by atoms with Crippen LogP contribution in [0.4, 0.5) is 4.79 Å². The smallest absolute Gasteiger partial charge is 0.288 e. The largest absolute Gasteiger partial charge is 0.349 e. The van der Waals surface area contributed by atoms with Crippen LogP contribution in [0.15, 0.2) is 6.07 Å². The average molecular weight is 324 g/mol. The number of hydrogen-bond donors (Lipinski definition) is 1. The highest BCUT2D eigenvalue weighted by atomic mass is 32.2. The fourth-order valence-corrected chi connectivity index (χ4v) is 2.99. The molecular formula is C14H20N4O3S. The topological polar surface area (TPSA) is 84.3 Å². The molecule has 1 aliphatic heterocycles. The molecule has 0 atom stereocenters. The first-order valence-corrected chi connectivity index (χ1v) is 8.01. The van der Waals surface area contributed by atoms with Crippen molar-refractivity contribution in [3.8, 4) is 0 Å². The molecule has 0 saturated carbocycles. The van der Waals surface area contributed by atoms with E-state index >= 15 is 0 Å². The molecule has 7 nitrogen and oxygen atoms in total. The normalized spacial score (nSPS) is 15.5. The highest BCUT2D eigenvalue weighted by Crippen LogP contribution is 2.18. The predicted octanol–water partition coefficient (Wildman–Crippen LogP) is 1.37. The number of nitrogens with one attached hydrogen (secondary N) is 1. The summed E-state index contributed by atoms with van der Waals surface area (Å²) in [6, 6.07) is 1.72. The van der Waals surface area contributed by atoms with Crippen molar-refractivity contribution in [3.05, 3.63) is 17.5 Å². The minimum absolute atomic E-state index is 0.183. The molecule has 1 aromatic heterocycles. The van der Waals surface area contributed by atoms with Crippen molar-refractivity contribution in [1.82, 2.24) is 20.0 Å². The van der Waals surface area contributed by atoms with E-state index in [-0.39, 0.29) is 41.4 Å². The Morgan fingerprint density at radius 1 is 1.41 bits per heavy atom. The zero-order valence-corrected chi connectivity index (χ0v) is 14.0. The van der Waals surface area contributed by atoms with E-state index in [0.29, 0.717) is 5.69 Å². The van der Waals surface area contributed by atoms with Crippen molar-refractivity contribution in [2.45, 2.75) is 33.2 Å². The maximum atomic E-state index is 12.1. The van der Waals surface area contributed by atoms with Crippen LogP contribution in [0, 0.1) is 6.92 Å². The van der Waals surface area contributed by atoms with Crippen molar-refractivity contribution in [1.29, 1.82) is 0 Å². The second kappa shape index (κ2) is 6.12. The number of carbonyl (C=O) groups is 3. The van der Waals surface area contributed by atoms with E-state index in [1.807, 2.05) is 27.7 Å². The number of nitrogens with zero attached hydrogens (tertiary/aromatic N) is 3. The molecule has 0 aromatic carbocycles. The molecule has 0 spiro atoms. The van der Waals surface area contributed by atoms with E-state index < -0.39 is 0 Å². The molecule has 0 unspecified atom stereocenters. The summed E-state index contributed by atoms with van der Waals surface area (Å²) in [7, 11) is 0. The lowest BCUT2D eigenvalue weighted by Gasteiger charge is -2.21. The van der Waals surface area contributed by atoms with Gasteiger partial charge in [0.2, 0.25) is 5.91 Å². The Bertz CT molecular complexity index is 602. The van der Waals surface area contributed by atoms with Crippen molar-refractivity contribution in [2.75, 3.05) is 18.8 Å². The van der Waals surface area contributed by atoms with Crippen molar-refractivity contribution in [3.63, 3.8) is 0 Å². The van der Waals surface area contributed by atoms with E-state index in [1.165, 1.54) is 0 Å². The summed E-state index contributed by atoms with van der Waals surface area (Å²) in [5, 5.41) is 6.75. The van der Waals surface area contributed by atoms with Crippen LogP contribution < -0.4 is 5.32 Å². The molecule has 2 rings (SSSR count). The number of imide groups is 1. The Kier molecular flexibility index (Phi) is 4.60. The van der Waals surface area contributed by atoms with Crippen molar-refractivity contribution >= 4 is 28.8 Å². The Morgan fingerprint density at radius 3 is 2.59 bits per heavy atom. The zero-order valence-electron chi connectivity index (χ0n) is 13.2. The zero-order chi connectivity index (χ0) is 16.5. The lowest BCUT2D eigenvalue weighted by molar-refractivity contribution is -0.124. The lowest BCUT2D eigenvalue weighted by atomic mass is 10.1. The maximum Gasteiger partial charge on any atom is 0.288 e. The summed E-state index contributed by atoms with van der Waals surface area (Å²) in [6.45, 7) is 8.34. The Hall–Kier alpha value is -1.83. The summed E-state index contributed by atoms with van der Waals surface area (Å²) in [4.78, 5) is 36.1. The lowest BCUT2D eigenvalue weighted by Crippen LogP contribution is -2.37. The number of hydrogen-bond acceptors (Lipinski definition) is 5. The monoisotopic (exact) mass is 324 g/mol. The summed E-state index contributed by atoms with van der Waals surface area (Å²) >= 11 is 0.986. The second-order valence-electron chi connectivity index (χ2n) is 6.11. The molecule has 8 heteroatoms. The van der Waals surface area contributed by atoms with Crippen molar-refractivity contribution in [2.24, 2.45) is 0 Å². The van der Waals surface area contributed by atoms with Crippen LogP contribution in [-0.2, 0) is 10.3 Å². The summed E-state index contributed by atoms with van der Waals surface area (Å²) in [5.41, 5.74) is 1.04. The summed E-state index contributed by atoms with van der Waals surface area (Å²) in [5.74, 6) is -0.336. The third kappa shape index (κ3) is 3.49. The molecule has 3 amide bonds. The number of carbonyl (C=O) groups excluding carboxylic acids is 3. The quantitative estimate of drug-likeness (QED) is 0.904. The molecule has 22 heavy (non-hydrogen) atoms. The van der Waals surface area contributed by atoms with Gasteiger partial charge in [0.1, 0.15) is 5.69 Å². The third-order valence-electron chi connectivity index (χ3n) is 3.22. The molecule has 1 fully saturated rings. The van der Waals surface area contributed by atoms with Gasteiger partial charge in [-0.1, -0.05) is 11.8 Å². The van der Waals surface area contributed by atoms with Gasteiger partial charge < -0.3 is 5.32 Å². The molecule has 1 saturated heterocycles. The minimum Gasteiger partial charge on any atom is -0.349 e. The van der Waals surface area contributed by atoms with Gasteiger partial charge in [-0.3, -0.25) is 24.0 Å². The third-order valence-corrected chi connectivity index (χ3v) is 4.08. The molecule has 1 aromatic rings. The van der Waals surface area contributed by atoms with Crippen LogP contribution in [-0.4, -0.2) is 50.6 Å². The number of aryl methyl sites for hydroxylation is 1. The van der Waals surface area contributed by atoms with E-state index in [4.69, 9.17) is 0 Å². The second-order valence-corrected chi connectivity index (χ2v) is 7.04. The van der Waals surface area contributed by atoms with Gasteiger partial charge in [-0.05, 0) is 33.8 Å². The molecule has 120 valence electrons. The van der Waals surface area contributed by atoms with Crippen molar-refractivity contribution < 1.29 is 14.4 Å². The van der Waals surface area contributed by atoms with Gasteiger partial charge >= 0.3 is 0 Å². The summed E-state index contributed by atoms with van der Waals surface area (Å²) < 4.78 is 1.80. The van der Waals surface area contributed by atoms with E-state index in [1.54, 1.807) is 10.7 Å². The number of aromatic nitrogens is 2. The van der Waals surface area contributed by atoms with Gasteiger partial charge in [0.25, 0.3) is 11.1 Å². The summed E-state index contributed by atoms with van der Waals surface area (Å²) in [6.07, 6.45) is 0. The average Bonchev–Trinajstić information content (AvgIpc) is 2.95. The molecule has 1 aliphatic rings. The maximum absolute atomic E-state index is 12.1. The highest BCUT2D eigenvalue weighted by Gasteiger charge is 2.29. The first-order valence-electron chi connectivity index (χ1n) is 7.02. The Labute approximate surface area is 133 Å². The van der Waals surface area contributed by atoms with Crippen LogP contribution in [0.3, 0.4) is 0 Å². The number of rotatable bonds is 4. The molecule has 1 N–H and O–H groups in total. The SMILES string of the molecule is Cc1cc(C(=O)NCCN2C(=O)CSC2=O)nn1C(C)(C)C. The van der Waals surface area contributed by atoms with E-state index in [2.05, 4.69) is 10.4 Å². The first-order chi connectivity index (χ1) is 10.2. The van der Waals surface area contributed by atoms with Crippen LogP contribution in [0.2, 0.25) is 0 Å². The molecular weight excluding hydrogens is 304 g/mol. The van der Waals surface area contributed by atoms with Gasteiger partial charge in [0.05, 0.1) is 11.3 Å². The van der Waals surface area contributed by atoms with Gasteiger partial charge in [-0.15, -0.1) is 0 Å². The molecule has 2 heterocycles. The fourth-order valence-electron chi connectivity index (χ4n) is 2.23. The first kappa shape index (κ1) is 16.5. The molecule has 0 bridgehead atoms. The van der Waals surface area contributed by atoms with Crippen LogP contribution >= 0.6 is 11.8 Å². The van der Waals surface area contributed by atoms with Crippen LogP contribution in [0.25, 0.3) is 0 Å². The van der Waals surface area contributed by atoms with Gasteiger partial charge in [0.15, 0.2) is 0 Å². The van der Waals surface area contributed by atoms with Gasteiger partial charge in [0, 0.05) is 18.8 Å². The fraction of sp³-hybridized carbons (Fsp3) is 0.571. The van der Waals surface area contributed by atoms with Crippen LogP contribution in [0.1, 0.15) is 37.0 Å². The van der Waals surface area contributed by atoms with Gasteiger partial charge in [-0.2, -0.15) is 5.10 Å². The number of amides is 3. The standard InChI is InChI=1S/C14H20N4O3S/c1-9-7-10(16-18(9)14(2,3)4)12(20)15-5-6-17-11(19)8-22-13(17)21/h7H,5-6,8H2,1-4H3,(H,15,20). The molecule has 0 aliphatic carbocycles.